The number of non-ortho nitro benzene ring substituents is 1. The lowest BCUT2D eigenvalue weighted by molar-refractivity contribution is -0.384. The minimum atomic E-state index is -0.511. The van der Waals surface area contributed by atoms with Crippen LogP contribution in [0.5, 0.6) is 0 Å². The van der Waals surface area contributed by atoms with Gasteiger partial charge in [0.25, 0.3) is 11.6 Å². The van der Waals surface area contributed by atoms with Crippen LogP contribution in [0.1, 0.15) is 16.1 Å². The molecule has 0 fully saturated rings. The van der Waals surface area contributed by atoms with Crippen LogP contribution in [0.4, 0.5) is 17.2 Å². The minimum absolute atomic E-state index is 0.0659. The van der Waals surface area contributed by atoms with Gasteiger partial charge in [-0.3, -0.25) is 14.9 Å². The molecule has 0 aliphatic carbocycles. The number of aromatic nitrogens is 1. The molecule has 108 valence electrons. The maximum atomic E-state index is 12.1. The van der Waals surface area contributed by atoms with Crippen LogP contribution in [-0.2, 0) is 0 Å². The van der Waals surface area contributed by atoms with Crippen LogP contribution in [0.25, 0.3) is 0 Å². The number of aryl methyl sites for hydroxylation is 1. The third-order valence-electron chi connectivity index (χ3n) is 2.65. The van der Waals surface area contributed by atoms with E-state index in [9.17, 15) is 14.9 Å². The van der Waals surface area contributed by atoms with E-state index < -0.39 is 4.92 Å². The molecule has 0 spiro atoms. The molecular weight excluding hydrogens is 340 g/mol. The fourth-order valence-corrected chi connectivity index (χ4v) is 2.20. The third kappa shape index (κ3) is 3.54. The van der Waals surface area contributed by atoms with Gasteiger partial charge in [0.15, 0.2) is 0 Å². The number of carbonyl (C=O) groups excluding carboxylic acids is 1. The first-order valence-electron chi connectivity index (χ1n) is 5.86. The largest absolute Gasteiger partial charge is 0.384 e. The molecule has 0 atom stereocenters. The molecule has 0 saturated carbocycles. The average Bonchev–Trinajstić information content (AvgIpc) is 2.39. The van der Waals surface area contributed by atoms with Gasteiger partial charge in [0.1, 0.15) is 5.82 Å². The van der Waals surface area contributed by atoms with Crippen LogP contribution in [0.2, 0.25) is 0 Å². The van der Waals surface area contributed by atoms with Gasteiger partial charge in [-0.2, -0.15) is 0 Å². The number of benzene rings is 1. The zero-order valence-corrected chi connectivity index (χ0v) is 12.5. The molecule has 2 rings (SSSR count). The van der Waals surface area contributed by atoms with Crippen LogP contribution in [-0.4, -0.2) is 15.8 Å². The highest BCUT2D eigenvalue weighted by molar-refractivity contribution is 9.10. The van der Waals surface area contributed by atoms with E-state index in [1.165, 1.54) is 24.3 Å². The molecule has 21 heavy (non-hydrogen) atoms. The second-order valence-electron chi connectivity index (χ2n) is 4.30. The SMILES string of the molecule is Cc1cc(C(=O)Nc2ccc([N+](=O)[O-])cc2Br)cc(N)n1. The van der Waals surface area contributed by atoms with Crippen molar-refractivity contribution in [2.24, 2.45) is 0 Å². The Kier molecular flexibility index (Phi) is 4.18. The van der Waals surface area contributed by atoms with Crippen molar-refractivity contribution in [3.63, 3.8) is 0 Å². The van der Waals surface area contributed by atoms with E-state index in [0.717, 1.165) is 0 Å². The van der Waals surface area contributed by atoms with Crippen molar-refractivity contribution in [3.05, 3.63) is 56.2 Å². The van der Waals surface area contributed by atoms with Crippen LogP contribution < -0.4 is 11.1 Å². The quantitative estimate of drug-likeness (QED) is 0.652. The molecule has 2 aromatic rings. The van der Waals surface area contributed by atoms with Crippen LogP contribution in [0.15, 0.2) is 34.8 Å². The number of nitrogens with two attached hydrogens (primary N) is 1. The van der Waals surface area contributed by atoms with E-state index in [0.29, 0.717) is 21.4 Å². The Bertz CT molecular complexity index is 713. The molecule has 3 N–H and O–H groups in total. The Morgan fingerprint density at radius 3 is 2.67 bits per heavy atom. The Morgan fingerprint density at radius 1 is 1.38 bits per heavy atom. The smallest absolute Gasteiger partial charge is 0.270 e. The Morgan fingerprint density at radius 2 is 2.10 bits per heavy atom. The van der Waals surface area contributed by atoms with Crippen molar-refractivity contribution in [2.75, 3.05) is 11.1 Å². The molecule has 0 unspecified atom stereocenters. The standard InChI is InChI=1S/C13H11BrN4O3/c1-7-4-8(5-12(15)16-7)13(19)17-11-3-2-9(18(20)21)6-10(11)14/h2-6H,1H3,(H2,15,16)(H,17,19). The van der Waals surface area contributed by atoms with Gasteiger partial charge in [-0.15, -0.1) is 0 Å². The molecule has 0 bridgehead atoms. The summed E-state index contributed by atoms with van der Waals surface area (Å²) < 4.78 is 0.420. The number of halogens is 1. The molecule has 7 nitrogen and oxygen atoms in total. The van der Waals surface area contributed by atoms with Gasteiger partial charge in [0.2, 0.25) is 0 Å². The van der Waals surface area contributed by atoms with Gasteiger partial charge in [-0.25, -0.2) is 4.98 Å². The average molecular weight is 351 g/mol. The summed E-state index contributed by atoms with van der Waals surface area (Å²) in [6, 6.07) is 7.15. The second kappa shape index (κ2) is 5.88. The molecule has 0 radical (unpaired) electrons. The van der Waals surface area contributed by atoms with E-state index >= 15 is 0 Å². The molecular formula is C13H11BrN4O3. The number of nitro groups is 1. The number of amides is 1. The predicted octanol–water partition coefficient (Wildman–Crippen LogP) is 2.90. The number of nitro benzene ring substituents is 1. The molecule has 1 heterocycles. The second-order valence-corrected chi connectivity index (χ2v) is 5.15. The molecule has 0 aliphatic rings. The summed E-state index contributed by atoms with van der Waals surface area (Å²) >= 11 is 3.19. The number of nitrogen functional groups attached to an aromatic ring is 1. The van der Waals surface area contributed by atoms with E-state index in [-0.39, 0.29) is 17.4 Å². The highest BCUT2D eigenvalue weighted by atomic mass is 79.9. The summed E-state index contributed by atoms with van der Waals surface area (Å²) in [4.78, 5) is 26.3. The van der Waals surface area contributed by atoms with Gasteiger partial charge in [0, 0.05) is 27.9 Å². The highest BCUT2D eigenvalue weighted by Crippen LogP contribution is 2.27. The van der Waals surface area contributed by atoms with Crippen molar-refractivity contribution in [2.45, 2.75) is 6.92 Å². The fraction of sp³-hybridized carbons (Fsp3) is 0.0769. The Labute approximate surface area is 128 Å². The number of carbonyl (C=O) groups is 1. The van der Waals surface area contributed by atoms with Crippen molar-refractivity contribution in [1.82, 2.24) is 4.98 Å². The van der Waals surface area contributed by atoms with E-state index in [1.54, 1.807) is 13.0 Å². The van der Waals surface area contributed by atoms with E-state index in [2.05, 4.69) is 26.2 Å². The van der Waals surface area contributed by atoms with Gasteiger partial charge < -0.3 is 11.1 Å². The van der Waals surface area contributed by atoms with Crippen molar-refractivity contribution >= 4 is 39.0 Å². The number of nitrogens with zero attached hydrogens (tertiary/aromatic N) is 2. The summed E-state index contributed by atoms with van der Waals surface area (Å²) in [6.45, 7) is 1.73. The monoisotopic (exact) mass is 350 g/mol. The van der Waals surface area contributed by atoms with Crippen LogP contribution in [0.3, 0.4) is 0 Å². The molecule has 1 aromatic heterocycles. The summed E-state index contributed by atoms with van der Waals surface area (Å²) in [6.07, 6.45) is 0. The third-order valence-corrected chi connectivity index (χ3v) is 3.30. The number of pyridine rings is 1. The predicted molar refractivity (Wildman–Crippen MR) is 82.1 cm³/mol. The van der Waals surface area contributed by atoms with Crippen LogP contribution in [0, 0.1) is 17.0 Å². The molecule has 1 aromatic carbocycles. The number of anilines is 2. The molecule has 0 saturated heterocycles. The summed E-state index contributed by atoms with van der Waals surface area (Å²) in [5.41, 5.74) is 6.96. The molecule has 1 amide bonds. The lowest BCUT2D eigenvalue weighted by atomic mass is 10.2. The van der Waals surface area contributed by atoms with E-state index in [1.807, 2.05) is 0 Å². The summed E-state index contributed by atoms with van der Waals surface area (Å²) in [5.74, 6) is -0.121. The first-order chi connectivity index (χ1) is 9.86. The lowest BCUT2D eigenvalue weighted by Crippen LogP contribution is -2.13. The van der Waals surface area contributed by atoms with Gasteiger partial charge in [0.05, 0.1) is 10.6 Å². The van der Waals surface area contributed by atoms with E-state index in [4.69, 9.17) is 5.73 Å². The zero-order chi connectivity index (χ0) is 15.6. The molecule has 0 aliphatic heterocycles. The zero-order valence-electron chi connectivity index (χ0n) is 11.0. The fourth-order valence-electron chi connectivity index (χ4n) is 1.74. The van der Waals surface area contributed by atoms with Crippen molar-refractivity contribution in [1.29, 1.82) is 0 Å². The number of rotatable bonds is 3. The normalized spacial score (nSPS) is 10.2. The topological polar surface area (TPSA) is 111 Å². The number of nitrogens with one attached hydrogen (secondary N) is 1. The Hall–Kier alpha value is -2.48. The Balaban J connectivity index is 2.25. The first kappa shape index (κ1) is 14.9. The van der Waals surface area contributed by atoms with Gasteiger partial charge in [-0.05, 0) is 41.1 Å². The number of hydrogen-bond donors (Lipinski definition) is 2. The summed E-state index contributed by atoms with van der Waals surface area (Å²) in [7, 11) is 0. The highest BCUT2D eigenvalue weighted by Gasteiger charge is 2.13. The van der Waals surface area contributed by atoms with Crippen LogP contribution >= 0.6 is 15.9 Å². The maximum absolute atomic E-state index is 12.1. The van der Waals surface area contributed by atoms with Crippen molar-refractivity contribution in [3.8, 4) is 0 Å². The van der Waals surface area contributed by atoms with Gasteiger partial charge >= 0.3 is 0 Å². The van der Waals surface area contributed by atoms with Crippen molar-refractivity contribution < 1.29 is 9.72 Å². The maximum Gasteiger partial charge on any atom is 0.270 e. The lowest BCUT2D eigenvalue weighted by Gasteiger charge is -2.08. The first-order valence-corrected chi connectivity index (χ1v) is 6.65. The molecule has 8 heteroatoms. The van der Waals surface area contributed by atoms with Gasteiger partial charge in [-0.1, -0.05) is 0 Å². The minimum Gasteiger partial charge on any atom is -0.384 e. The summed E-state index contributed by atoms with van der Waals surface area (Å²) in [5, 5.41) is 13.3. The number of hydrogen-bond acceptors (Lipinski definition) is 5.